The predicted molar refractivity (Wildman–Crippen MR) is 75.3 cm³/mol. The molecule has 1 aromatic carbocycles. The molecule has 2 aromatic rings. The first kappa shape index (κ1) is 11.8. The van der Waals surface area contributed by atoms with Crippen LogP contribution in [0.5, 0.6) is 0 Å². The third-order valence-corrected chi connectivity index (χ3v) is 4.39. The molecule has 0 saturated carbocycles. The topological polar surface area (TPSA) is 45.5 Å². The zero-order valence-electron chi connectivity index (χ0n) is 10.4. The second-order valence-electron chi connectivity index (χ2n) is 4.88. The number of rotatable bonds is 2. The zero-order chi connectivity index (χ0) is 12.5. The van der Waals surface area contributed by atoms with Gasteiger partial charge in [-0.15, -0.1) is 11.3 Å². The second kappa shape index (κ2) is 4.78. The Balaban J connectivity index is 1.97. The minimum Gasteiger partial charge on any atom is -0.389 e. The molecule has 1 aliphatic rings. The Kier molecular flexibility index (Phi) is 3.14. The van der Waals surface area contributed by atoms with E-state index in [1.165, 1.54) is 17.7 Å². The van der Waals surface area contributed by atoms with Crippen LogP contribution in [0.4, 0.5) is 0 Å². The van der Waals surface area contributed by atoms with E-state index in [1.807, 2.05) is 0 Å². The molecule has 0 radical (unpaired) electrons. The van der Waals surface area contributed by atoms with E-state index in [-0.39, 0.29) is 6.61 Å². The molecule has 1 N–H and O–H groups in total. The van der Waals surface area contributed by atoms with Crippen LogP contribution in [0.15, 0.2) is 23.2 Å². The third kappa shape index (κ3) is 2.18. The molecule has 0 aliphatic carbocycles. The van der Waals surface area contributed by atoms with Crippen LogP contribution in [0.3, 0.4) is 0 Å². The first-order valence-corrected chi connectivity index (χ1v) is 7.12. The van der Waals surface area contributed by atoms with Gasteiger partial charge in [0.25, 0.3) is 0 Å². The van der Waals surface area contributed by atoms with Gasteiger partial charge in [-0.2, -0.15) is 0 Å². The van der Waals surface area contributed by atoms with E-state index < -0.39 is 0 Å². The Morgan fingerprint density at radius 2 is 2.33 bits per heavy atom. The maximum Gasteiger partial charge on any atom is 0.119 e. The van der Waals surface area contributed by atoms with E-state index in [2.05, 4.69) is 35.1 Å². The van der Waals surface area contributed by atoms with Crippen molar-refractivity contribution in [2.24, 2.45) is 10.9 Å². The van der Waals surface area contributed by atoms with Crippen LogP contribution in [-0.4, -0.2) is 22.3 Å². The number of hydrogen-bond acceptors (Lipinski definition) is 4. The van der Waals surface area contributed by atoms with E-state index in [1.54, 1.807) is 11.3 Å². The fourth-order valence-corrected chi connectivity index (χ4v) is 3.09. The molecule has 1 aromatic heterocycles. The number of nitrogens with zero attached hydrogens (tertiary/aromatic N) is 2. The highest BCUT2D eigenvalue weighted by Crippen LogP contribution is 2.25. The molecule has 0 spiro atoms. The fraction of sp³-hybridized carbons (Fsp3) is 0.429. The molecule has 1 unspecified atom stereocenters. The van der Waals surface area contributed by atoms with Gasteiger partial charge in [0.2, 0.25) is 0 Å². The van der Waals surface area contributed by atoms with Crippen molar-refractivity contribution in [2.75, 3.05) is 6.54 Å². The average molecular weight is 260 g/mol. The number of benzene rings is 1. The molecule has 0 bridgehead atoms. The maximum atomic E-state index is 9.11. The van der Waals surface area contributed by atoms with Gasteiger partial charge in [0.1, 0.15) is 5.01 Å². The molecule has 2 heterocycles. The minimum atomic E-state index is 0.0210. The Hall–Kier alpha value is -1.26. The van der Waals surface area contributed by atoms with Crippen molar-refractivity contribution < 1.29 is 5.11 Å². The molecule has 3 rings (SSSR count). The van der Waals surface area contributed by atoms with Gasteiger partial charge < -0.3 is 5.11 Å². The summed E-state index contributed by atoms with van der Waals surface area (Å²) in [5.41, 5.74) is 3.36. The highest BCUT2D eigenvalue weighted by Gasteiger charge is 2.14. The predicted octanol–water partition coefficient (Wildman–Crippen LogP) is 3.01. The van der Waals surface area contributed by atoms with Crippen LogP contribution in [0, 0.1) is 5.92 Å². The lowest BCUT2D eigenvalue weighted by atomic mass is 9.96. The van der Waals surface area contributed by atoms with E-state index in [0.29, 0.717) is 5.92 Å². The van der Waals surface area contributed by atoms with Crippen LogP contribution in [0.2, 0.25) is 0 Å². The van der Waals surface area contributed by atoms with E-state index in [9.17, 15) is 0 Å². The first-order chi connectivity index (χ1) is 8.76. The number of hydrogen-bond donors (Lipinski definition) is 1. The molecule has 0 fully saturated rings. The number of thiazole rings is 1. The van der Waals surface area contributed by atoms with E-state index in [4.69, 9.17) is 5.11 Å². The summed E-state index contributed by atoms with van der Waals surface area (Å²) in [5.74, 6) is 0.706. The number of fused-ring (bicyclic) bond motifs is 1. The smallest absolute Gasteiger partial charge is 0.119 e. The highest BCUT2D eigenvalue weighted by atomic mass is 32.1. The fourth-order valence-electron chi connectivity index (χ4n) is 2.28. The number of aliphatic hydroxyl groups excluding tert-OH is 1. The van der Waals surface area contributed by atoms with Crippen LogP contribution < -0.4 is 0 Å². The molecule has 3 nitrogen and oxygen atoms in total. The highest BCUT2D eigenvalue weighted by molar-refractivity contribution is 7.18. The lowest BCUT2D eigenvalue weighted by molar-refractivity contribution is 0.281. The van der Waals surface area contributed by atoms with Gasteiger partial charge in [0, 0.05) is 12.3 Å². The van der Waals surface area contributed by atoms with Gasteiger partial charge >= 0.3 is 0 Å². The monoisotopic (exact) mass is 260 g/mol. The molecule has 0 amide bonds. The Morgan fingerprint density at radius 3 is 3.06 bits per heavy atom. The summed E-state index contributed by atoms with van der Waals surface area (Å²) >= 11 is 1.55. The van der Waals surface area contributed by atoms with Gasteiger partial charge in [0.15, 0.2) is 0 Å². The number of aliphatic imine (C=N–C) groups is 1. The summed E-state index contributed by atoms with van der Waals surface area (Å²) in [6.07, 6.45) is 2.28. The van der Waals surface area contributed by atoms with E-state index in [0.717, 1.165) is 28.2 Å². The standard InChI is InChI=1S/C14H16N2OS/c1-9-2-4-11(15-7-9)10-3-5-13-12(6-10)16-14(8-17)18-13/h3,5-6,9,17H,2,4,7-8H2,1H3. The minimum absolute atomic E-state index is 0.0210. The largest absolute Gasteiger partial charge is 0.389 e. The summed E-state index contributed by atoms with van der Waals surface area (Å²) in [6.45, 7) is 3.21. The van der Waals surface area contributed by atoms with Crippen molar-refractivity contribution in [3.05, 3.63) is 28.8 Å². The molecule has 18 heavy (non-hydrogen) atoms. The molecular formula is C14H16N2OS. The first-order valence-electron chi connectivity index (χ1n) is 6.30. The number of aliphatic hydroxyl groups is 1. The van der Waals surface area contributed by atoms with Gasteiger partial charge in [-0.3, -0.25) is 4.99 Å². The van der Waals surface area contributed by atoms with Crippen LogP contribution >= 0.6 is 11.3 Å². The summed E-state index contributed by atoms with van der Waals surface area (Å²) < 4.78 is 1.13. The van der Waals surface area contributed by atoms with Crippen LogP contribution in [-0.2, 0) is 6.61 Å². The van der Waals surface area contributed by atoms with Crippen molar-refractivity contribution in [2.45, 2.75) is 26.4 Å². The zero-order valence-corrected chi connectivity index (χ0v) is 11.2. The van der Waals surface area contributed by atoms with Crippen molar-refractivity contribution in [1.29, 1.82) is 0 Å². The molecule has 1 atom stereocenters. The van der Waals surface area contributed by atoms with Crippen molar-refractivity contribution in [1.82, 2.24) is 4.98 Å². The Bertz CT molecular complexity index is 603. The van der Waals surface area contributed by atoms with Gasteiger partial charge in [-0.05, 0) is 36.5 Å². The van der Waals surface area contributed by atoms with E-state index >= 15 is 0 Å². The van der Waals surface area contributed by atoms with Crippen molar-refractivity contribution in [3.8, 4) is 0 Å². The van der Waals surface area contributed by atoms with Crippen molar-refractivity contribution >= 4 is 27.3 Å². The summed E-state index contributed by atoms with van der Waals surface area (Å²) in [4.78, 5) is 9.07. The SMILES string of the molecule is CC1CCC(c2ccc3sc(CO)nc3c2)=NC1. The maximum absolute atomic E-state index is 9.11. The quantitative estimate of drug-likeness (QED) is 0.902. The Morgan fingerprint density at radius 1 is 1.44 bits per heavy atom. The van der Waals surface area contributed by atoms with Crippen LogP contribution in [0.25, 0.3) is 10.2 Å². The molecule has 4 heteroatoms. The van der Waals surface area contributed by atoms with Gasteiger partial charge in [-0.25, -0.2) is 4.98 Å². The summed E-state index contributed by atoms with van der Waals surface area (Å²) in [7, 11) is 0. The summed E-state index contributed by atoms with van der Waals surface area (Å²) in [6, 6.07) is 6.30. The van der Waals surface area contributed by atoms with Gasteiger partial charge in [-0.1, -0.05) is 13.0 Å². The Labute approximate surface area is 110 Å². The lowest BCUT2D eigenvalue weighted by Crippen LogP contribution is -2.14. The normalized spacial score (nSPS) is 20.1. The third-order valence-electron chi connectivity index (χ3n) is 3.37. The van der Waals surface area contributed by atoms with Gasteiger partial charge in [0.05, 0.1) is 16.8 Å². The molecule has 0 saturated heterocycles. The molecule has 1 aliphatic heterocycles. The average Bonchev–Trinajstić information content (AvgIpc) is 2.81. The molecular weight excluding hydrogens is 244 g/mol. The lowest BCUT2D eigenvalue weighted by Gasteiger charge is -2.17. The molecule has 94 valence electrons. The summed E-state index contributed by atoms with van der Waals surface area (Å²) in [5, 5.41) is 9.89. The van der Waals surface area contributed by atoms with Crippen LogP contribution in [0.1, 0.15) is 30.3 Å². The number of aromatic nitrogens is 1. The second-order valence-corrected chi connectivity index (χ2v) is 5.99. The van der Waals surface area contributed by atoms with Crippen molar-refractivity contribution in [3.63, 3.8) is 0 Å².